The van der Waals surface area contributed by atoms with E-state index in [9.17, 15) is 4.39 Å². The number of nitrogens with zero attached hydrogens (tertiary/aromatic N) is 2. The van der Waals surface area contributed by atoms with Crippen molar-refractivity contribution in [2.24, 2.45) is 0 Å². The zero-order valence-corrected chi connectivity index (χ0v) is 12.7. The minimum atomic E-state index is -0.307. The van der Waals surface area contributed by atoms with Crippen LogP contribution in [0, 0.1) is 5.82 Å². The van der Waals surface area contributed by atoms with Gasteiger partial charge in [-0.25, -0.2) is 4.39 Å². The van der Waals surface area contributed by atoms with Crippen LogP contribution in [-0.4, -0.2) is 28.6 Å². The van der Waals surface area contributed by atoms with Crippen LogP contribution in [0.5, 0.6) is 5.75 Å². The van der Waals surface area contributed by atoms with Crippen LogP contribution in [0.25, 0.3) is 22.4 Å². The molecule has 0 spiro atoms. The van der Waals surface area contributed by atoms with Gasteiger partial charge in [0, 0.05) is 17.3 Å². The van der Waals surface area contributed by atoms with Crippen LogP contribution in [0.3, 0.4) is 0 Å². The lowest BCUT2D eigenvalue weighted by molar-refractivity contribution is 0.269. The summed E-state index contributed by atoms with van der Waals surface area (Å²) in [7, 11) is 1.57. The van der Waals surface area contributed by atoms with E-state index in [-0.39, 0.29) is 12.4 Å². The average Bonchev–Trinajstić information content (AvgIpc) is 3.04. The van der Waals surface area contributed by atoms with Gasteiger partial charge in [0.15, 0.2) is 0 Å². The number of rotatable bonds is 5. The number of halogens is 1. The maximum Gasteiger partial charge on any atom is 0.126 e. The molecule has 5 heteroatoms. The van der Waals surface area contributed by atoms with E-state index in [4.69, 9.17) is 9.84 Å². The van der Waals surface area contributed by atoms with Crippen molar-refractivity contribution in [2.45, 2.75) is 6.54 Å². The Hall–Kier alpha value is -2.66. The Kier molecular flexibility index (Phi) is 4.39. The molecule has 0 saturated carbocycles. The van der Waals surface area contributed by atoms with Gasteiger partial charge in [0.05, 0.1) is 26.0 Å². The van der Waals surface area contributed by atoms with Gasteiger partial charge in [-0.3, -0.25) is 4.68 Å². The van der Waals surface area contributed by atoms with E-state index in [2.05, 4.69) is 5.10 Å². The number of aromatic nitrogens is 2. The molecule has 0 unspecified atom stereocenters. The van der Waals surface area contributed by atoms with Crippen molar-refractivity contribution >= 4 is 0 Å². The van der Waals surface area contributed by atoms with Crippen LogP contribution < -0.4 is 4.74 Å². The lowest BCUT2D eigenvalue weighted by Gasteiger charge is -2.09. The fourth-order valence-corrected chi connectivity index (χ4v) is 2.49. The maximum absolute atomic E-state index is 13.6. The standard InChI is InChI=1S/C18H17FN2O2/c1-23-18-6-5-15(19)12-16(18)13-3-2-4-14(11-13)17-7-8-21(20-17)9-10-22/h2-8,11-12,22H,9-10H2,1H3. The molecular formula is C18H17FN2O2. The second kappa shape index (κ2) is 6.62. The summed E-state index contributed by atoms with van der Waals surface area (Å²) in [5, 5.41) is 13.4. The van der Waals surface area contributed by atoms with Crippen LogP contribution in [0.1, 0.15) is 0 Å². The van der Waals surface area contributed by atoms with E-state index in [1.165, 1.54) is 12.1 Å². The number of benzene rings is 2. The molecule has 3 rings (SSSR count). The summed E-state index contributed by atoms with van der Waals surface area (Å²) in [6.45, 7) is 0.499. The fraction of sp³-hybridized carbons (Fsp3) is 0.167. The third-order valence-electron chi connectivity index (χ3n) is 3.60. The predicted octanol–water partition coefficient (Wildman–Crippen LogP) is 3.36. The summed E-state index contributed by atoms with van der Waals surface area (Å²) >= 11 is 0. The first-order valence-corrected chi connectivity index (χ1v) is 7.30. The third-order valence-corrected chi connectivity index (χ3v) is 3.60. The Balaban J connectivity index is 2.01. The first kappa shape index (κ1) is 15.2. The van der Waals surface area contributed by atoms with Crippen LogP contribution in [0.4, 0.5) is 4.39 Å². The number of ether oxygens (including phenoxy) is 1. The number of hydrogen-bond acceptors (Lipinski definition) is 3. The molecule has 0 aliphatic heterocycles. The normalized spacial score (nSPS) is 10.7. The van der Waals surface area contributed by atoms with E-state index in [1.807, 2.05) is 36.5 Å². The third kappa shape index (κ3) is 3.24. The minimum Gasteiger partial charge on any atom is -0.496 e. The first-order chi connectivity index (χ1) is 11.2. The molecule has 0 fully saturated rings. The predicted molar refractivity (Wildman–Crippen MR) is 86.7 cm³/mol. The molecule has 1 heterocycles. The molecule has 0 saturated heterocycles. The van der Waals surface area contributed by atoms with Crippen molar-refractivity contribution in [1.29, 1.82) is 0 Å². The Morgan fingerprint density at radius 1 is 1.13 bits per heavy atom. The van der Waals surface area contributed by atoms with Gasteiger partial charge in [-0.2, -0.15) is 5.10 Å². The maximum atomic E-state index is 13.6. The Morgan fingerprint density at radius 2 is 1.96 bits per heavy atom. The van der Waals surface area contributed by atoms with Gasteiger partial charge in [-0.1, -0.05) is 18.2 Å². The topological polar surface area (TPSA) is 47.3 Å². The highest BCUT2D eigenvalue weighted by atomic mass is 19.1. The molecular weight excluding hydrogens is 295 g/mol. The van der Waals surface area contributed by atoms with Crippen LogP contribution in [0.2, 0.25) is 0 Å². The van der Waals surface area contributed by atoms with Crippen LogP contribution in [0.15, 0.2) is 54.7 Å². The minimum absolute atomic E-state index is 0.0433. The van der Waals surface area contributed by atoms with E-state index in [0.29, 0.717) is 17.9 Å². The molecule has 0 bridgehead atoms. The number of aliphatic hydroxyl groups is 1. The van der Waals surface area contributed by atoms with Gasteiger partial charge in [0.2, 0.25) is 0 Å². The highest BCUT2D eigenvalue weighted by molar-refractivity contribution is 5.75. The van der Waals surface area contributed by atoms with Crippen molar-refractivity contribution in [1.82, 2.24) is 9.78 Å². The van der Waals surface area contributed by atoms with Crippen molar-refractivity contribution in [3.63, 3.8) is 0 Å². The summed E-state index contributed by atoms with van der Waals surface area (Å²) in [5.74, 6) is 0.313. The second-order valence-electron chi connectivity index (χ2n) is 5.11. The molecule has 0 aliphatic carbocycles. The molecule has 1 aromatic heterocycles. The lowest BCUT2D eigenvalue weighted by atomic mass is 10.0. The van der Waals surface area contributed by atoms with Gasteiger partial charge in [0.25, 0.3) is 0 Å². The number of methoxy groups -OCH3 is 1. The number of aliphatic hydroxyl groups excluding tert-OH is 1. The smallest absolute Gasteiger partial charge is 0.126 e. The van der Waals surface area contributed by atoms with E-state index in [0.717, 1.165) is 16.8 Å². The van der Waals surface area contributed by atoms with E-state index < -0.39 is 0 Å². The zero-order chi connectivity index (χ0) is 16.2. The zero-order valence-electron chi connectivity index (χ0n) is 12.7. The summed E-state index contributed by atoms with van der Waals surface area (Å²) in [6.07, 6.45) is 1.82. The summed E-state index contributed by atoms with van der Waals surface area (Å²) in [4.78, 5) is 0. The Bertz CT molecular complexity index is 814. The molecule has 4 nitrogen and oxygen atoms in total. The largest absolute Gasteiger partial charge is 0.496 e. The molecule has 3 aromatic rings. The quantitative estimate of drug-likeness (QED) is 0.786. The first-order valence-electron chi connectivity index (χ1n) is 7.30. The van der Waals surface area contributed by atoms with Crippen molar-refractivity contribution in [3.8, 4) is 28.1 Å². The molecule has 23 heavy (non-hydrogen) atoms. The molecule has 0 amide bonds. The van der Waals surface area contributed by atoms with Crippen LogP contribution in [-0.2, 0) is 6.54 Å². The van der Waals surface area contributed by atoms with Gasteiger partial charge in [-0.15, -0.1) is 0 Å². The Labute approximate surface area is 133 Å². The molecule has 0 atom stereocenters. The van der Waals surface area contributed by atoms with Gasteiger partial charge < -0.3 is 9.84 Å². The fourth-order valence-electron chi connectivity index (χ4n) is 2.49. The van der Waals surface area contributed by atoms with Crippen molar-refractivity contribution in [2.75, 3.05) is 13.7 Å². The van der Waals surface area contributed by atoms with Crippen molar-refractivity contribution in [3.05, 3.63) is 60.5 Å². The summed E-state index contributed by atoms with van der Waals surface area (Å²) < 4.78 is 20.6. The van der Waals surface area contributed by atoms with Gasteiger partial charge in [-0.05, 0) is 35.9 Å². The monoisotopic (exact) mass is 312 g/mol. The summed E-state index contributed by atoms with van der Waals surface area (Å²) in [6, 6.07) is 14.0. The summed E-state index contributed by atoms with van der Waals surface area (Å²) in [5.41, 5.74) is 3.28. The number of hydrogen-bond donors (Lipinski definition) is 1. The molecule has 0 radical (unpaired) electrons. The Morgan fingerprint density at radius 3 is 2.74 bits per heavy atom. The average molecular weight is 312 g/mol. The molecule has 2 aromatic carbocycles. The van der Waals surface area contributed by atoms with E-state index >= 15 is 0 Å². The molecule has 1 N–H and O–H groups in total. The van der Waals surface area contributed by atoms with Gasteiger partial charge >= 0.3 is 0 Å². The highest BCUT2D eigenvalue weighted by Crippen LogP contribution is 2.32. The van der Waals surface area contributed by atoms with E-state index in [1.54, 1.807) is 17.9 Å². The second-order valence-corrected chi connectivity index (χ2v) is 5.11. The molecule has 0 aliphatic rings. The lowest BCUT2D eigenvalue weighted by Crippen LogP contribution is -2.02. The SMILES string of the molecule is COc1ccc(F)cc1-c1cccc(-c2ccn(CCO)n2)c1. The highest BCUT2D eigenvalue weighted by Gasteiger charge is 2.09. The van der Waals surface area contributed by atoms with Crippen LogP contribution >= 0.6 is 0 Å². The van der Waals surface area contributed by atoms with Gasteiger partial charge in [0.1, 0.15) is 11.6 Å². The molecule has 118 valence electrons. The van der Waals surface area contributed by atoms with Crippen molar-refractivity contribution < 1.29 is 14.2 Å².